The van der Waals surface area contributed by atoms with Gasteiger partial charge in [0.05, 0.1) is 22.2 Å². The molecule has 21 heavy (non-hydrogen) atoms. The highest BCUT2D eigenvalue weighted by molar-refractivity contribution is 9.11. The molecule has 0 spiro atoms. The van der Waals surface area contributed by atoms with Crippen molar-refractivity contribution in [3.05, 3.63) is 57.0 Å². The molecule has 0 heterocycles. The Bertz CT molecular complexity index is 553. The zero-order chi connectivity index (χ0) is 15.1. The highest BCUT2D eigenvalue weighted by Gasteiger charge is 2.08. The van der Waals surface area contributed by atoms with Gasteiger partial charge < -0.3 is 9.47 Å². The third-order valence-corrected chi connectivity index (χ3v) is 4.25. The molecular weight excluding hydrogens is 419 g/mol. The molecule has 2 nitrogen and oxygen atoms in total. The maximum atomic E-state index is 5.83. The Morgan fingerprint density at radius 3 is 2.14 bits per heavy atom. The van der Waals surface area contributed by atoms with Gasteiger partial charge in [-0.05, 0) is 61.7 Å². The number of rotatable bonds is 7. The second-order valence-corrected chi connectivity index (χ2v) is 6.36. The number of hydrogen-bond donors (Lipinski definition) is 0. The van der Waals surface area contributed by atoms with Crippen LogP contribution in [0.3, 0.4) is 0 Å². The number of para-hydroxylation sites is 1. The molecule has 0 bridgehead atoms. The Morgan fingerprint density at radius 1 is 0.905 bits per heavy atom. The van der Waals surface area contributed by atoms with Crippen molar-refractivity contribution in [2.45, 2.75) is 12.3 Å². The van der Waals surface area contributed by atoms with Crippen LogP contribution in [0.25, 0.3) is 0 Å². The van der Waals surface area contributed by atoms with Gasteiger partial charge in [0.15, 0.2) is 0 Å². The molecule has 5 heteroatoms. The minimum absolute atomic E-state index is 0.475. The monoisotopic (exact) mass is 432 g/mol. The van der Waals surface area contributed by atoms with Crippen LogP contribution in [-0.2, 0) is 5.88 Å². The number of benzene rings is 2. The molecule has 0 unspecified atom stereocenters. The lowest BCUT2D eigenvalue weighted by Gasteiger charge is -2.12. The number of ether oxygens (including phenoxy) is 2. The molecule has 0 aliphatic rings. The zero-order valence-corrected chi connectivity index (χ0v) is 15.2. The minimum atomic E-state index is 0.475. The van der Waals surface area contributed by atoms with E-state index in [4.69, 9.17) is 21.1 Å². The molecule has 0 amide bonds. The van der Waals surface area contributed by atoms with Crippen molar-refractivity contribution in [2.75, 3.05) is 13.2 Å². The van der Waals surface area contributed by atoms with Crippen LogP contribution < -0.4 is 9.47 Å². The van der Waals surface area contributed by atoms with E-state index >= 15 is 0 Å². The van der Waals surface area contributed by atoms with E-state index in [0.717, 1.165) is 32.4 Å². The van der Waals surface area contributed by atoms with Crippen molar-refractivity contribution in [1.29, 1.82) is 0 Å². The smallest absolute Gasteiger partial charge is 0.147 e. The Kier molecular flexibility index (Phi) is 6.87. The van der Waals surface area contributed by atoms with Gasteiger partial charge in [-0.2, -0.15) is 0 Å². The minimum Gasteiger partial charge on any atom is -0.493 e. The van der Waals surface area contributed by atoms with Gasteiger partial charge in [-0.3, -0.25) is 0 Å². The predicted molar refractivity (Wildman–Crippen MR) is 93.4 cm³/mol. The first-order chi connectivity index (χ1) is 10.2. The van der Waals surface area contributed by atoms with Gasteiger partial charge >= 0.3 is 0 Å². The Hall–Kier alpha value is -0.710. The number of halogens is 3. The van der Waals surface area contributed by atoms with Gasteiger partial charge in [-0.25, -0.2) is 0 Å². The van der Waals surface area contributed by atoms with Gasteiger partial charge in [0, 0.05) is 12.3 Å². The Morgan fingerprint density at radius 2 is 1.52 bits per heavy atom. The van der Waals surface area contributed by atoms with Gasteiger partial charge in [0.2, 0.25) is 0 Å². The van der Waals surface area contributed by atoms with Crippen molar-refractivity contribution in [3.8, 4) is 11.5 Å². The Balaban J connectivity index is 1.79. The Labute approximate surface area is 146 Å². The summed E-state index contributed by atoms with van der Waals surface area (Å²) in [5.41, 5.74) is 1.04. The molecule has 0 aromatic heterocycles. The van der Waals surface area contributed by atoms with Crippen LogP contribution in [0, 0.1) is 0 Å². The zero-order valence-electron chi connectivity index (χ0n) is 11.3. The maximum absolute atomic E-state index is 5.83. The summed E-state index contributed by atoms with van der Waals surface area (Å²) in [5.74, 6) is 2.15. The standard InChI is InChI=1S/C16H15Br2ClO2/c17-14-9-12(11-19)10-15(18)16(14)21-8-4-7-20-13-5-2-1-3-6-13/h1-3,5-6,9-10H,4,7-8,11H2. The largest absolute Gasteiger partial charge is 0.493 e. The molecule has 0 atom stereocenters. The first kappa shape index (κ1) is 16.7. The van der Waals surface area contributed by atoms with Crippen molar-refractivity contribution in [2.24, 2.45) is 0 Å². The molecule has 0 saturated heterocycles. The molecule has 2 aromatic rings. The highest BCUT2D eigenvalue weighted by atomic mass is 79.9. The summed E-state index contributed by atoms with van der Waals surface area (Å²) in [6.07, 6.45) is 0.811. The van der Waals surface area contributed by atoms with E-state index in [1.165, 1.54) is 0 Å². The fourth-order valence-electron chi connectivity index (χ4n) is 1.77. The normalized spacial score (nSPS) is 10.4. The topological polar surface area (TPSA) is 18.5 Å². The summed E-state index contributed by atoms with van der Waals surface area (Å²) in [5, 5.41) is 0. The molecule has 0 N–H and O–H groups in total. The van der Waals surface area contributed by atoms with Gasteiger partial charge in [0.25, 0.3) is 0 Å². The van der Waals surface area contributed by atoms with Crippen molar-refractivity contribution >= 4 is 43.5 Å². The van der Waals surface area contributed by atoms with Crippen molar-refractivity contribution in [3.63, 3.8) is 0 Å². The van der Waals surface area contributed by atoms with Crippen LogP contribution in [-0.4, -0.2) is 13.2 Å². The van der Waals surface area contributed by atoms with Gasteiger partial charge in [-0.1, -0.05) is 18.2 Å². The van der Waals surface area contributed by atoms with E-state index in [1.807, 2.05) is 42.5 Å². The lowest BCUT2D eigenvalue weighted by Crippen LogP contribution is -2.05. The van der Waals surface area contributed by atoms with E-state index in [9.17, 15) is 0 Å². The highest BCUT2D eigenvalue weighted by Crippen LogP contribution is 2.35. The third-order valence-electron chi connectivity index (χ3n) is 2.76. The van der Waals surface area contributed by atoms with E-state index in [1.54, 1.807) is 0 Å². The third kappa shape index (κ3) is 5.20. The molecule has 0 fully saturated rings. The summed E-state index contributed by atoms with van der Waals surface area (Å²) in [6.45, 7) is 1.21. The van der Waals surface area contributed by atoms with E-state index < -0.39 is 0 Å². The van der Waals surface area contributed by atoms with Crippen LogP contribution in [0.15, 0.2) is 51.4 Å². The molecule has 0 radical (unpaired) electrons. The quantitative estimate of drug-likeness (QED) is 0.405. The van der Waals surface area contributed by atoms with E-state index in [0.29, 0.717) is 19.1 Å². The average molecular weight is 435 g/mol. The predicted octanol–water partition coefficient (Wildman–Crippen LogP) is 5.80. The lowest BCUT2D eigenvalue weighted by atomic mass is 10.2. The van der Waals surface area contributed by atoms with E-state index in [-0.39, 0.29) is 0 Å². The average Bonchev–Trinajstić information content (AvgIpc) is 2.50. The molecule has 0 aliphatic carbocycles. The lowest BCUT2D eigenvalue weighted by molar-refractivity contribution is 0.246. The van der Waals surface area contributed by atoms with Crippen LogP contribution in [0.2, 0.25) is 0 Å². The van der Waals surface area contributed by atoms with Gasteiger partial charge in [0.1, 0.15) is 11.5 Å². The van der Waals surface area contributed by atoms with Crippen LogP contribution in [0.4, 0.5) is 0 Å². The SMILES string of the molecule is ClCc1cc(Br)c(OCCCOc2ccccc2)c(Br)c1. The molecule has 112 valence electrons. The van der Waals surface area contributed by atoms with Crippen LogP contribution >= 0.6 is 43.5 Å². The van der Waals surface area contributed by atoms with Crippen LogP contribution in [0.1, 0.15) is 12.0 Å². The van der Waals surface area contributed by atoms with E-state index in [2.05, 4.69) is 31.9 Å². The first-order valence-corrected chi connectivity index (χ1v) is 8.67. The second kappa shape index (κ2) is 8.66. The van der Waals surface area contributed by atoms with Crippen molar-refractivity contribution in [1.82, 2.24) is 0 Å². The molecular formula is C16H15Br2ClO2. The summed E-state index contributed by atoms with van der Waals surface area (Å²) in [7, 11) is 0. The van der Waals surface area contributed by atoms with Crippen molar-refractivity contribution < 1.29 is 9.47 Å². The number of hydrogen-bond acceptors (Lipinski definition) is 2. The van der Waals surface area contributed by atoms with Gasteiger partial charge in [-0.15, -0.1) is 11.6 Å². The molecule has 0 aliphatic heterocycles. The summed E-state index contributed by atoms with van der Waals surface area (Å²) >= 11 is 12.8. The molecule has 2 rings (SSSR count). The van der Waals surface area contributed by atoms with Crippen LogP contribution in [0.5, 0.6) is 11.5 Å². The summed E-state index contributed by atoms with van der Waals surface area (Å²) < 4.78 is 13.2. The maximum Gasteiger partial charge on any atom is 0.147 e. The fraction of sp³-hybridized carbons (Fsp3) is 0.250. The summed E-state index contributed by atoms with van der Waals surface area (Å²) in [4.78, 5) is 0. The fourth-order valence-corrected chi connectivity index (χ4v) is 3.43. The first-order valence-electron chi connectivity index (χ1n) is 6.55. The summed E-state index contributed by atoms with van der Waals surface area (Å²) in [6, 6.07) is 13.7. The molecule has 2 aromatic carbocycles. The second-order valence-electron chi connectivity index (χ2n) is 4.39. The molecule has 0 saturated carbocycles. The number of alkyl halides is 1.